The fraction of sp³-hybridized carbons (Fsp3) is 0.167. The van der Waals surface area contributed by atoms with Crippen molar-refractivity contribution in [1.29, 1.82) is 0 Å². The van der Waals surface area contributed by atoms with E-state index in [9.17, 15) is 13.6 Å². The Bertz CT molecular complexity index is 691. The number of rotatable bonds is 4. The highest BCUT2D eigenvalue weighted by molar-refractivity contribution is 6.01. The molecule has 0 spiro atoms. The minimum Gasteiger partial charge on any atom is -0.320 e. The molecule has 0 fully saturated rings. The molecule has 4 heteroatoms. The maximum absolute atomic E-state index is 13.4. The first-order valence-corrected chi connectivity index (χ1v) is 7.00. The van der Waals surface area contributed by atoms with E-state index in [-0.39, 0.29) is 5.69 Å². The number of benzene rings is 2. The van der Waals surface area contributed by atoms with Crippen molar-refractivity contribution in [2.75, 3.05) is 5.32 Å². The summed E-state index contributed by atoms with van der Waals surface area (Å²) < 4.78 is 26.2. The summed E-state index contributed by atoms with van der Waals surface area (Å²) in [5, 5.41) is 2.37. The largest absolute Gasteiger partial charge is 0.320 e. The van der Waals surface area contributed by atoms with Gasteiger partial charge in [0.05, 0.1) is 5.69 Å². The van der Waals surface area contributed by atoms with Gasteiger partial charge in [0.2, 0.25) is 5.91 Å². The topological polar surface area (TPSA) is 29.1 Å². The molecule has 0 radical (unpaired) electrons. The van der Waals surface area contributed by atoms with Crippen LogP contribution in [0.5, 0.6) is 0 Å². The van der Waals surface area contributed by atoms with E-state index in [1.807, 2.05) is 24.3 Å². The molecule has 114 valence electrons. The summed E-state index contributed by atoms with van der Waals surface area (Å²) >= 11 is 0. The first-order chi connectivity index (χ1) is 10.5. The summed E-state index contributed by atoms with van der Waals surface area (Å²) in [4.78, 5) is 11.7. The van der Waals surface area contributed by atoms with Crippen molar-refractivity contribution in [3.63, 3.8) is 0 Å². The lowest BCUT2D eigenvalue weighted by atomic mass is 10.0. The second-order valence-corrected chi connectivity index (χ2v) is 5.27. The minimum atomic E-state index is -0.803. The normalized spacial score (nSPS) is 11.1. The Hall–Kier alpha value is -2.49. The third kappa shape index (κ3) is 4.25. The van der Waals surface area contributed by atoms with Gasteiger partial charge in [0.15, 0.2) is 0 Å². The molecule has 2 aromatic carbocycles. The van der Waals surface area contributed by atoms with E-state index < -0.39 is 17.5 Å². The zero-order valence-electron chi connectivity index (χ0n) is 12.4. The zero-order valence-corrected chi connectivity index (χ0v) is 12.4. The van der Waals surface area contributed by atoms with E-state index in [2.05, 4.69) is 19.2 Å². The first-order valence-electron chi connectivity index (χ1n) is 7.00. The maximum Gasteiger partial charge on any atom is 0.248 e. The van der Waals surface area contributed by atoms with Gasteiger partial charge in [-0.2, -0.15) is 0 Å². The Kier molecular flexibility index (Phi) is 5.04. The van der Waals surface area contributed by atoms with Crippen molar-refractivity contribution in [2.45, 2.75) is 19.8 Å². The van der Waals surface area contributed by atoms with E-state index in [4.69, 9.17) is 0 Å². The summed E-state index contributed by atoms with van der Waals surface area (Å²) in [6.45, 7) is 4.21. The van der Waals surface area contributed by atoms with E-state index >= 15 is 0 Å². The summed E-state index contributed by atoms with van der Waals surface area (Å²) in [6, 6.07) is 10.8. The molecule has 2 aromatic rings. The van der Waals surface area contributed by atoms with Gasteiger partial charge < -0.3 is 5.32 Å². The average molecular weight is 301 g/mol. The number of halogens is 2. The van der Waals surface area contributed by atoms with Gasteiger partial charge in [-0.3, -0.25) is 4.79 Å². The molecule has 22 heavy (non-hydrogen) atoms. The number of carbonyl (C=O) groups excluding carboxylic acids is 1. The molecule has 2 rings (SSSR count). The molecule has 0 aliphatic rings. The highest BCUT2D eigenvalue weighted by Gasteiger charge is 2.05. The molecule has 0 bridgehead atoms. The predicted octanol–water partition coefficient (Wildman–Crippen LogP) is 4.74. The Labute approximate surface area is 128 Å². The fourth-order valence-electron chi connectivity index (χ4n) is 1.93. The van der Waals surface area contributed by atoms with Gasteiger partial charge >= 0.3 is 0 Å². The Morgan fingerprint density at radius 3 is 2.36 bits per heavy atom. The van der Waals surface area contributed by atoms with Crippen molar-refractivity contribution in [1.82, 2.24) is 0 Å². The van der Waals surface area contributed by atoms with Crippen LogP contribution in [0, 0.1) is 11.6 Å². The summed E-state index contributed by atoms with van der Waals surface area (Å²) in [6.07, 6.45) is 2.95. The smallest absolute Gasteiger partial charge is 0.248 e. The second-order valence-electron chi connectivity index (χ2n) is 5.27. The number of anilines is 1. The first kappa shape index (κ1) is 15.9. The van der Waals surface area contributed by atoms with Gasteiger partial charge in [-0.1, -0.05) is 38.1 Å². The van der Waals surface area contributed by atoms with Crippen LogP contribution >= 0.6 is 0 Å². The van der Waals surface area contributed by atoms with Crippen LogP contribution in [0.2, 0.25) is 0 Å². The van der Waals surface area contributed by atoms with Crippen LogP contribution in [-0.4, -0.2) is 5.91 Å². The SMILES string of the molecule is CC(C)c1ccc(C=CC(=O)Nc2ccc(F)cc2F)cc1. The van der Waals surface area contributed by atoms with Crippen LogP contribution in [0.1, 0.15) is 30.9 Å². The van der Waals surface area contributed by atoms with Crippen LogP contribution in [0.25, 0.3) is 6.08 Å². The number of nitrogens with one attached hydrogen (secondary N) is 1. The number of hydrogen-bond acceptors (Lipinski definition) is 1. The van der Waals surface area contributed by atoms with E-state index in [1.165, 1.54) is 17.7 Å². The molecule has 1 N–H and O–H groups in total. The lowest BCUT2D eigenvalue weighted by molar-refractivity contribution is -0.111. The molecule has 1 amide bonds. The van der Waals surface area contributed by atoms with Crippen molar-refractivity contribution in [3.05, 3.63) is 71.3 Å². The predicted molar refractivity (Wildman–Crippen MR) is 84.6 cm³/mol. The summed E-state index contributed by atoms with van der Waals surface area (Å²) in [5.74, 6) is -1.51. The third-order valence-electron chi connectivity index (χ3n) is 3.22. The standard InChI is InChI=1S/C18H17F2NO/c1-12(2)14-6-3-13(4-7-14)5-10-18(22)21-17-9-8-15(19)11-16(17)20/h3-12H,1-2H3,(H,21,22). The minimum absolute atomic E-state index is 0.0498. The monoisotopic (exact) mass is 301 g/mol. The maximum atomic E-state index is 13.4. The van der Waals surface area contributed by atoms with Crippen LogP contribution in [0.15, 0.2) is 48.5 Å². The van der Waals surface area contributed by atoms with Crippen molar-refractivity contribution in [2.24, 2.45) is 0 Å². The summed E-state index contributed by atoms with van der Waals surface area (Å²) in [7, 11) is 0. The number of hydrogen-bond donors (Lipinski definition) is 1. The Balaban J connectivity index is 2.01. The molecular formula is C18H17F2NO. The molecule has 0 saturated heterocycles. The highest BCUT2D eigenvalue weighted by Crippen LogP contribution is 2.16. The van der Waals surface area contributed by atoms with Gasteiger partial charge in [-0.15, -0.1) is 0 Å². The van der Waals surface area contributed by atoms with E-state index in [0.29, 0.717) is 5.92 Å². The van der Waals surface area contributed by atoms with Crippen molar-refractivity contribution < 1.29 is 13.6 Å². The number of carbonyl (C=O) groups is 1. The average Bonchev–Trinajstić information content (AvgIpc) is 2.48. The van der Waals surface area contributed by atoms with Gasteiger partial charge in [0.25, 0.3) is 0 Å². The molecule has 0 heterocycles. The van der Waals surface area contributed by atoms with E-state index in [1.54, 1.807) is 6.08 Å². The second kappa shape index (κ2) is 6.98. The molecular weight excluding hydrogens is 284 g/mol. The quantitative estimate of drug-likeness (QED) is 0.812. The molecule has 0 saturated carbocycles. The fourth-order valence-corrected chi connectivity index (χ4v) is 1.93. The van der Waals surface area contributed by atoms with Gasteiger partial charge in [0.1, 0.15) is 11.6 Å². The lowest BCUT2D eigenvalue weighted by Gasteiger charge is -2.05. The molecule has 0 atom stereocenters. The lowest BCUT2D eigenvalue weighted by Crippen LogP contribution is -2.09. The van der Waals surface area contributed by atoms with Crippen molar-refractivity contribution >= 4 is 17.7 Å². The van der Waals surface area contributed by atoms with Gasteiger partial charge in [0, 0.05) is 12.1 Å². The highest BCUT2D eigenvalue weighted by atomic mass is 19.1. The zero-order chi connectivity index (χ0) is 16.1. The Morgan fingerprint density at radius 1 is 1.09 bits per heavy atom. The van der Waals surface area contributed by atoms with Crippen LogP contribution in [0.3, 0.4) is 0 Å². The van der Waals surface area contributed by atoms with Crippen LogP contribution in [0.4, 0.5) is 14.5 Å². The molecule has 0 aliphatic carbocycles. The summed E-state index contributed by atoms with van der Waals surface area (Å²) in [5.41, 5.74) is 2.04. The third-order valence-corrected chi connectivity index (χ3v) is 3.22. The molecule has 0 unspecified atom stereocenters. The molecule has 0 aromatic heterocycles. The van der Waals surface area contributed by atoms with Crippen molar-refractivity contribution in [3.8, 4) is 0 Å². The van der Waals surface area contributed by atoms with Gasteiger partial charge in [-0.05, 0) is 35.3 Å². The van der Waals surface area contributed by atoms with Crippen LogP contribution in [-0.2, 0) is 4.79 Å². The van der Waals surface area contributed by atoms with Gasteiger partial charge in [-0.25, -0.2) is 8.78 Å². The Morgan fingerprint density at radius 2 is 1.77 bits per heavy atom. The molecule has 0 aliphatic heterocycles. The molecule has 2 nitrogen and oxygen atoms in total. The van der Waals surface area contributed by atoms with Crippen LogP contribution < -0.4 is 5.32 Å². The number of amides is 1. The van der Waals surface area contributed by atoms with E-state index in [0.717, 1.165) is 17.7 Å².